The van der Waals surface area contributed by atoms with Crippen molar-refractivity contribution in [2.45, 2.75) is 32.8 Å². The van der Waals surface area contributed by atoms with Crippen molar-refractivity contribution >= 4 is 98.9 Å². The Morgan fingerprint density at radius 2 is 1.32 bits per heavy atom. The molecule has 16 nitrogen and oxygen atoms in total. The van der Waals surface area contributed by atoms with Crippen molar-refractivity contribution in [3.8, 4) is 0 Å². The monoisotopic (exact) mass is 972 g/mol. The molecule has 4 heterocycles. The molecule has 7 rings (SSSR count). The number of nitrogens with zero attached hydrogens (tertiary/aromatic N) is 7. The number of non-ortho nitro benzene ring substituents is 2. The normalized spacial score (nSPS) is 15.6. The molecule has 1 atom stereocenters. The number of ketones is 1. The van der Waals surface area contributed by atoms with Gasteiger partial charge in [0.1, 0.15) is 23.6 Å². The van der Waals surface area contributed by atoms with E-state index in [0.717, 1.165) is 79.2 Å². The Bertz CT molecular complexity index is 2060. The number of anilines is 3. The molecule has 57 heavy (non-hydrogen) atoms. The van der Waals surface area contributed by atoms with Gasteiger partial charge in [0.05, 0.1) is 63.2 Å². The van der Waals surface area contributed by atoms with E-state index in [9.17, 15) is 34.2 Å². The number of hydrazine groups is 2. The van der Waals surface area contributed by atoms with Gasteiger partial charge in [-0.1, -0.05) is 11.6 Å². The number of cyclic esters (lactones) is 1. The number of rotatable bonds is 9. The Labute approximate surface area is 365 Å². The van der Waals surface area contributed by atoms with E-state index < -0.39 is 15.7 Å². The van der Waals surface area contributed by atoms with Crippen molar-refractivity contribution in [3.05, 3.63) is 120 Å². The van der Waals surface area contributed by atoms with E-state index in [-0.39, 0.29) is 71.9 Å². The first-order chi connectivity index (χ1) is 26.4. The number of nitro groups is 2. The molecule has 1 amide bonds. The maximum atomic E-state index is 12.3. The molecule has 301 valence electrons. The average molecular weight is 973 g/mol. The Hall–Kier alpha value is -4.83. The number of hydrogen-bond acceptors (Lipinski definition) is 14. The van der Waals surface area contributed by atoms with Gasteiger partial charge in [-0.3, -0.25) is 60.8 Å². The van der Waals surface area contributed by atoms with Gasteiger partial charge in [0, 0.05) is 54.9 Å². The van der Waals surface area contributed by atoms with Crippen LogP contribution < -0.4 is 25.8 Å². The molecule has 0 spiro atoms. The summed E-state index contributed by atoms with van der Waals surface area (Å²) >= 11 is 7.15. The van der Waals surface area contributed by atoms with E-state index in [1.54, 1.807) is 29.2 Å². The molecule has 0 saturated carbocycles. The van der Waals surface area contributed by atoms with Crippen LogP contribution in [0.1, 0.15) is 36.4 Å². The number of thiophene rings is 1. The first-order valence-electron chi connectivity index (χ1n) is 17.0. The Balaban J connectivity index is 0.000000261. The van der Waals surface area contributed by atoms with Gasteiger partial charge in [-0.05, 0) is 80.9 Å². The number of ether oxygens (including phenoxy) is 1. The second kappa shape index (κ2) is 22.2. The number of nitro benzene ring substituents is 2. The van der Waals surface area contributed by atoms with Crippen LogP contribution >= 0.6 is 46.9 Å². The first kappa shape index (κ1) is 46.6. The molecule has 1 fully saturated rings. The topological polar surface area (TPSA) is 188 Å². The number of Topliss-reactive ketones (excluding diaryl/α,β-unsaturated/α-hetero) is 1. The second-order valence-electron chi connectivity index (χ2n) is 12.2. The van der Waals surface area contributed by atoms with Crippen molar-refractivity contribution in [2.24, 2.45) is 9.98 Å². The van der Waals surface area contributed by atoms with Gasteiger partial charge in [-0.2, -0.15) is 0 Å². The van der Waals surface area contributed by atoms with Crippen LogP contribution in [0.2, 0.25) is 4.34 Å². The summed E-state index contributed by atoms with van der Waals surface area (Å²) in [6.45, 7) is 7.27. The molecule has 0 bridgehead atoms. The molecule has 21 heteroatoms. The third kappa shape index (κ3) is 13.7. The van der Waals surface area contributed by atoms with Crippen molar-refractivity contribution in [3.63, 3.8) is 0 Å². The Morgan fingerprint density at radius 1 is 0.842 bits per heavy atom. The number of halogens is 3. The van der Waals surface area contributed by atoms with Crippen molar-refractivity contribution in [2.75, 3.05) is 47.6 Å². The number of benzene rings is 3. The van der Waals surface area contributed by atoms with Crippen molar-refractivity contribution in [1.82, 2.24) is 10.9 Å². The molecule has 0 aliphatic carbocycles. The van der Waals surface area contributed by atoms with Crippen LogP contribution in [-0.2, 0) is 23.3 Å². The summed E-state index contributed by atoms with van der Waals surface area (Å²) in [5, 5.41) is 24.4. The molecule has 1 radical (unpaired) electrons. The van der Waals surface area contributed by atoms with E-state index in [1.165, 1.54) is 23.5 Å². The Morgan fingerprint density at radius 3 is 1.77 bits per heavy atom. The Kier molecular flexibility index (Phi) is 18.1. The molecule has 3 aromatic carbocycles. The maximum absolute atomic E-state index is 12.3. The van der Waals surface area contributed by atoms with Gasteiger partial charge in [0.15, 0.2) is 5.78 Å². The standard InChI is InChI=1S/C20H21ClN4O3S.C10H12N4O2.C6H4FNO2.HI.V/c1-13-22-10-11-25(23-13)15-4-2-14(3-5-15)24-12-16(28-20(24)27)6-7-17(26)18-8-9-19(21)29-18;1-8-11-6-7-13(12-8)9-2-4-10(5-3-9)14(15)16;7-5-1-3-6(4-2-5)8(9)10;;/h2-5,8-9,16H,6-7,10-12H2,1H3,(H,22,23);2-5H,6-7H2,1H3,(H,11,12);1-4H;1H;/t16-;;;;/m0..../s1. The predicted octanol–water partition coefficient (Wildman–Crippen LogP) is 7.82. The number of aliphatic imine (C=N–C) groups is 2. The van der Waals surface area contributed by atoms with Crippen molar-refractivity contribution in [1.29, 1.82) is 0 Å². The quantitative estimate of drug-likeness (QED) is 0.0721. The zero-order valence-corrected chi connectivity index (χ0v) is 35.9. The van der Waals surface area contributed by atoms with E-state index in [1.807, 2.05) is 48.1 Å². The maximum Gasteiger partial charge on any atom is 0.414 e. The minimum atomic E-state index is -0.570. The molecule has 1 saturated heterocycles. The predicted molar refractivity (Wildman–Crippen MR) is 225 cm³/mol. The summed E-state index contributed by atoms with van der Waals surface area (Å²) in [4.78, 5) is 54.8. The summed E-state index contributed by atoms with van der Waals surface area (Å²) in [7, 11) is 0. The largest absolute Gasteiger partial charge is 0.444 e. The molecule has 2 N–H and O–H groups in total. The van der Waals surface area contributed by atoms with Crippen LogP contribution in [0.3, 0.4) is 0 Å². The molecule has 0 unspecified atom stereocenters. The third-order valence-electron chi connectivity index (χ3n) is 8.24. The van der Waals surface area contributed by atoms with Gasteiger partial charge in [-0.25, -0.2) is 9.18 Å². The molecule has 1 aromatic heterocycles. The first-order valence-corrected chi connectivity index (χ1v) is 18.2. The van der Waals surface area contributed by atoms with Gasteiger partial charge >= 0.3 is 6.09 Å². The van der Waals surface area contributed by atoms with E-state index in [2.05, 4.69) is 20.8 Å². The molecule has 3 aliphatic rings. The van der Waals surface area contributed by atoms with E-state index >= 15 is 0 Å². The number of amidine groups is 2. The van der Waals surface area contributed by atoms with Gasteiger partial charge in [-0.15, -0.1) is 35.3 Å². The summed E-state index contributed by atoms with van der Waals surface area (Å²) < 4.78 is 18.2. The number of carbonyl (C=O) groups is 2. The zero-order valence-electron chi connectivity index (χ0n) is 30.6. The number of amides is 1. The fourth-order valence-corrected chi connectivity index (χ4v) is 6.50. The molecular formula is C36H38ClFIN9O7SV. The fraction of sp³-hybridized carbons (Fsp3) is 0.278. The summed E-state index contributed by atoms with van der Waals surface area (Å²) in [5.74, 6) is 1.29. The fourth-order valence-electron chi connectivity index (χ4n) is 5.49. The summed E-state index contributed by atoms with van der Waals surface area (Å²) in [5.41, 5.74) is 9.01. The smallest absolute Gasteiger partial charge is 0.414 e. The summed E-state index contributed by atoms with van der Waals surface area (Å²) in [6.07, 6.45) is 0.131. The van der Waals surface area contributed by atoms with Gasteiger partial charge in [0.25, 0.3) is 11.4 Å². The number of hydrogen-bond donors (Lipinski definition) is 2. The molecule has 4 aromatic rings. The summed E-state index contributed by atoms with van der Waals surface area (Å²) in [6, 6.07) is 22.0. The number of carbonyl (C=O) groups excluding carboxylic acids is 2. The van der Waals surface area contributed by atoms with Crippen LogP contribution in [0.15, 0.2) is 94.9 Å². The van der Waals surface area contributed by atoms with E-state index in [0.29, 0.717) is 28.6 Å². The molecule has 3 aliphatic heterocycles. The minimum Gasteiger partial charge on any atom is -0.444 e. The third-order valence-corrected chi connectivity index (χ3v) is 9.51. The SMILES string of the molecule is CC1=NCCN(c2ccc(N3C[C@H](CCC(=O)c4ccc(Cl)s4)OC3=O)cc2)N1.CC1=NCCN(c2ccc([N+](=O)[O-])cc2)N1.I.O=[N+]([O-])c1ccc(F)cc1.[V]. The van der Waals surface area contributed by atoms with Crippen LogP contribution in [0, 0.1) is 26.0 Å². The van der Waals surface area contributed by atoms with Crippen LogP contribution in [0.25, 0.3) is 0 Å². The van der Waals surface area contributed by atoms with Gasteiger partial charge in [0.2, 0.25) is 0 Å². The zero-order chi connectivity index (χ0) is 39.5. The van der Waals surface area contributed by atoms with Gasteiger partial charge < -0.3 is 4.74 Å². The average Bonchev–Trinajstić information content (AvgIpc) is 3.79. The second-order valence-corrected chi connectivity index (χ2v) is 13.9. The van der Waals surface area contributed by atoms with Crippen LogP contribution in [0.4, 0.5) is 37.6 Å². The van der Waals surface area contributed by atoms with Crippen LogP contribution in [-0.4, -0.2) is 72.2 Å². The van der Waals surface area contributed by atoms with E-state index in [4.69, 9.17) is 16.3 Å². The minimum absolute atomic E-state index is 0. The number of nitrogens with one attached hydrogen (secondary N) is 2. The van der Waals surface area contributed by atoms with Crippen LogP contribution in [0.5, 0.6) is 0 Å². The molecular weight excluding hydrogens is 935 g/mol. The van der Waals surface area contributed by atoms with Crippen molar-refractivity contribution < 1.29 is 47.1 Å².